The molecular formula is C19H22N4OS2. The van der Waals surface area contributed by atoms with E-state index >= 15 is 0 Å². The topological polar surface area (TPSA) is 58.1 Å². The van der Waals surface area contributed by atoms with Crippen molar-refractivity contribution in [2.24, 2.45) is 0 Å². The quantitative estimate of drug-likeness (QED) is 0.680. The Kier molecular flexibility index (Phi) is 4.91. The first-order valence-corrected chi connectivity index (χ1v) is 10.7. The van der Waals surface area contributed by atoms with Crippen molar-refractivity contribution in [1.29, 1.82) is 0 Å². The zero-order valence-electron chi connectivity index (χ0n) is 15.0. The Balaban J connectivity index is 1.71. The van der Waals surface area contributed by atoms with Crippen LogP contribution in [0.5, 0.6) is 0 Å². The maximum absolute atomic E-state index is 12.9. The highest BCUT2D eigenvalue weighted by Gasteiger charge is 2.26. The summed E-state index contributed by atoms with van der Waals surface area (Å²) in [7, 11) is 0. The molecule has 136 valence electrons. The van der Waals surface area contributed by atoms with Gasteiger partial charge in [0.05, 0.1) is 16.3 Å². The van der Waals surface area contributed by atoms with Crippen molar-refractivity contribution in [3.05, 3.63) is 39.2 Å². The van der Waals surface area contributed by atoms with E-state index in [9.17, 15) is 4.79 Å². The molecule has 4 heterocycles. The normalized spacial score (nSPS) is 15.5. The molecular weight excluding hydrogens is 364 g/mol. The van der Waals surface area contributed by atoms with E-state index in [2.05, 4.69) is 39.7 Å². The van der Waals surface area contributed by atoms with Gasteiger partial charge in [-0.2, -0.15) is 0 Å². The molecule has 26 heavy (non-hydrogen) atoms. The second-order valence-corrected chi connectivity index (χ2v) is 8.56. The Morgan fingerprint density at radius 3 is 2.85 bits per heavy atom. The third-order valence-corrected chi connectivity index (χ3v) is 7.09. The summed E-state index contributed by atoms with van der Waals surface area (Å²) in [6.07, 6.45) is 4.75. The van der Waals surface area contributed by atoms with E-state index < -0.39 is 0 Å². The van der Waals surface area contributed by atoms with Crippen molar-refractivity contribution in [2.75, 3.05) is 18.4 Å². The molecule has 0 saturated carbocycles. The van der Waals surface area contributed by atoms with E-state index in [1.54, 1.807) is 17.7 Å². The average molecular weight is 387 g/mol. The van der Waals surface area contributed by atoms with Gasteiger partial charge in [-0.05, 0) is 43.2 Å². The van der Waals surface area contributed by atoms with Crippen molar-refractivity contribution < 1.29 is 4.79 Å². The molecule has 7 heteroatoms. The van der Waals surface area contributed by atoms with Crippen molar-refractivity contribution in [3.63, 3.8) is 0 Å². The summed E-state index contributed by atoms with van der Waals surface area (Å²) in [5, 5.41) is 6.65. The molecule has 0 aromatic carbocycles. The molecule has 1 N–H and O–H groups in total. The van der Waals surface area contributed by atoms with Crippen LogP contribution in [0.3, 0.4) is 0 Å². The van der Waals surface area contributed by atoms with Crippen molar-refractivity contribution in [3.8, 4) is 0 Å². The minimum Gasteiger partial charge on any atom is -0.362 e. The average Bonchev–Trinajstić information content (AvgIpc) is 3.40. The van der Waals surface area contributed by atoms with Crippen LogP contribution < -0.4 is 5.32 Å². The van der Waals surface area contributed by atoms with Crippen LogP contribution in [0.15, 0.2) is 23.8 Å². The molecule has 3 aromatic heterocycles. The minimum atomic E-state index is 0.138. The molecule has 5 nitrogen and oxygen atoms in total. The van der Waals surface area contributed by atoms with Gasteiger partial charge < -0.3 is 10.2 Å². The molecule has 3 aromatic rings. The van der Waals surface area contributed by atoms with Gasteiger partial charge in [-0.1, -0.05) is 13.0 Å². The summed E-state index contributed by atoms with van der Waals surface area (Å²) in [4.78, 5) is 26.7. The van der Waals surface area contributed by atoms with Gasteiger partial charge >= 0.3 is 0 Å². The number of carbonyl (C=O) groups is 1. The molecule has 0 aliphatic carbocycles. The van der Waals surface area contributed by atoms with Crippen LogP contribution in [0.1, 0.15) is 52.3 Å². The number of fused-ring (bicyclic) bond motifs is 1. The Bertz CT molecular complexity index is 913. The lowest BCUT2D eigenvalue weighted by molar-refractivity contribution is 0.0797. The Labute approximate surface area is 161 Å². The van der Waals surface area contributed by atoms with E-state index in [1.807, 2.05) is 11.8 Å². The number of hydrogen-bond donors (Lipinski definition) is 1. The lowest BCUT2D eigenvalue weighted by Gasteiger charge is -2.17. The number of carbonyl (C=O) groups excluding carboxylic acids is 1. The summed E-state index contributed by atoms with van der Waals surface area (Å²) in [6.45, 7) is 5.90. The molecule has 0 bridgehead atoms. The maximum Gasteiger partial charge on any atom is 0.264 e. The van der Waals surface area contributed by atoms with Gasteiger partial charge in [0.15, 0.2) is 0 Å². The van der Waals surface area contributed by atoms with Crippen LogP contribution >= 0.6 is 22.7 Å². The van der Waals surface area contributed by atoms with Crippen molar-refractivity contribution >= 4 is 44.6 Å². The van der Waals surface area contributed by atoms with E-state index in [-0.39, 0.29) is 11.9 Å². The number of anilines is 1. The first-order chi connectivity index (χ1) is 12.7. The SMILES string of the molecule is CC[C@@H](Nc1ncnc2sc(C(=O)N3CCCC3)c(C)c12)c1cccs1. The zero-order chi connectivity index (χ0) is 18.1. The molecule has 1 aliphatic rings. The predicted molar refractivity (Wildman–Crippen MR) is 108 cm³/mol. The summed E-state index contributed by atoms with van der Waals surface area (Å²) in [6, 6.07) is 4.43. The second-order valence-electron chi connectivity index (χ2n) is 6.58. The lowest BCUT2D eigenvalue weighted by Crippen LogP contribution is -2.27. The first-order valence-electron chi connectivity index (χ1n) is 9.02. The molecule has 1 saturated heterocycles. The standard InChI is InChI=1S/C19H22N4OS2/c1-3-13(14-7-6-10-25-14)22-17-15-12(2)16(26-18(15)21-11-20-17)19(24)23-8-4-5-9-23/h6-7,10-11,13H,3-5,8-9H2,1-2H3,(H,20,21,22)/t13-/m1/s1. The van der Waals surface area contributed by atoms with Gasteiger partial charge in [0, 0.05) is 18.0 Å². The molecule has 1 amide bonds. The predicted octanol–water partition coefficient (Wildman–Crippen LogP) is 4.86. The number of aromatic nitrogens is 2. The number of hydrogen-bond acceptors (Lipinski definition) is 6. The number of amides is 1. The van der Waals surface area contributed by atoms with Crippen LogP contribution in [-0.4, -0.2) is 33.9 Å². The largest absolute Gasteiger partial charge is 0.362 e. The number of nitrogens with zero attached hydrogens (tertiary/aromatic N) is 3. The van der Waals surface area contributed by atoms with Gasteiger partial charge in [-0.3, -0.25) is 4.79 Å². The Morgan fingerprint density at radius 1 is 1.35 bits per heavy atom. The molecule has 0 unspecified atom stereocenters. The second kappa shape index (κ2) is 7.32. The van der Waals surface area contributed by atoms with Crippen molar-refractivity contribution in [1.82, 2.24) is 14.9 Å². The van der Waals surface area contributed by atoms with Crippen LogP contribution in [0, 0.1) is 6.92 Å². The van der Waals surface area contributed by atoms with Crippen molar-refractivity contribution in [2.45, 2.75) is 39.2 Å². The fourth-order valence-corrected chi connectivity index (χ4v) is 5.46. The van der Waals surface area contributed by atoms with E-state index in [4.69, 9.17) is 0 Å². The van der Waals surface area contributed by atoms with E-state index in [0.29, 0.717) is 0 Å². The third-order valence-electron chi connectivity index (χ3n) is 4.92. The van der Waals surface area contributed by atoms with Crippen LogP contribution in [0.2, 0.25) is 0 Å². The zero-order valence-corrected chi connectivity index (χ0v) is 16.6. The fraction of sp³-hybridized carbons (Fsp3) is 0.421. The van der Waals surface area contributed by atoms with Gasteiger partial charge in [0.2, 0.25) is 0 Å². The van der Waals surface area contributed by atoms with Crippen LogP contribution in [0.4, 0.5) is 5.82 Å². The molecule has 1 fully saturated rings. The number of thiophene rings is 2. The van der Waals surface area contributed by atoms with Gasteiger partial charge in [0.1, 0.15) is 17.0 Å². The number of nitrogens with one attached hydrogen (secondary N) is 1. The molecule has 0 spiro atoms. The first kappa shape index (κ1) is 17.4. The van der Waals surface area contributed by atoms with Gasteiger partial charge in [0.25, 0.3) is 5.91 Å². The molecule has 0 radical (unpaired) electrons. The third kappa shape index (κ3) is 3.10. The summed E-state index contributed by atoms with van der Waals surface area (Å²) >= 11 is 3.23. The minimum absolute atomic E-state index is 0.138. The molecule has 1 atom stereocenters. The Hall–Kier alpha value is -1.99. The molecule has 1 aliphatic heterocycles. The Morgan fingerprint density at radius 2 is 2.15 bits per heavy atom. The number of rotatable bonds is 5. The highest BCUT2D eigenvalue weighted by Crippen LogP contribution is 2.36. The van der Waals surface area contributed by atoms with E-state index in [0.717, 1.165) is 58.8 Å². The van der Waals surface area contributed by atoms with Crippen LogP contribution in [-0.2, 0) is 0 Å². The smallest absolute Gasteiger partial charge is 0.264 e. The van der Waals surface area contributed by atoms with E-state index in [1.165, 1.54) is 16.2 Å². The summed E-state index contributed by atoms with van der Waals surface area (Å²) in [5.41, 5.74) is 0.992. The lowest BCUT2D eigenvalue weighted by atomic mass is 10.1. The van der Waals surface area contributed by atoms with Crippen LogP contribution in [0.25, 0.3) is 10.2 Å². The number of aryl methyl sites for hydroxylation is 1. The maximum atomic E-state index is 12.9. The van der Waals surface area contributed by atoms with Gasteiger partial charge in [-0.15, -0.1) is 22.7 Å². The molecule has 4 rings (SSSR count). The fourth-order valence-electron chi connectivity index (χ4n) is 3.48. The summed E-state index contributed by atoms with van der Waals surface area (Å²) < 4.78 is 0. The summed E-state index contributed by atoms with van der Waals surface area (Å²) in [5.74, 6) is 0.962. The number of likely N-dealkylation sites (tertiary alicyclic amines) is 1. The van der Waals surface area contributed by atoms with Gasteiger partial charge in [-0.25, -0.2) is 9.97 Å². The highest BCUT2D eigenvalue weighted by molar-refractivity contribution is 7.20. The highest BCUT2D eigenvalue weighted by atomic mass is 32.1. The monoisotopic (exact) mass is 386 g/mol.